The fourth-order valence-electron chi connectivity index (χ4n) is 3.09. The van der Waals surface area contributed by atoms with Gasteiger partial charge >= 0.3 is 12.0 Å². The number of carbonyl (C=O) groups is 2. The van der Waals surface area contributed by atoms with Gasteiger partial charge in [-0.2, -0.15) is 0 Å². The Morgan fingerprint density at radius 3 is 2.61 bits per heavy atom. The van der Waals surface area contributed by atoms with Crippen molar-refractivity contribution in [3.05, 3.63) is 0 Å². The summed E-state index contributed by atoms with van der Waals surface area (Å²) in [5.41, 5.74) is 0. The average molecular weight is 254 g/mol. The summed E-state index contributed by atoms with van der Waals surface area (Å²) in [5.74, 6) is -0.211. The summed E-state index contributed by atoms with van der Waals surface area (Å²) in [6.07, 6.45) is 4.69. The van der Waals surface area contributed by atoms with Gasteiger partial charge in [0.05, 0.1) is 5.92 Å². The topological polar surface area (TPSA) is 78.4 Å². The molecule has 0 aromatic heterocycles. The van der Waals surface area contributed by atoms with Crippen LogP contribution in [-0.4, -0.2) is 29.7 Å². The van der Waals surface area contributed by atoms with E-state index in [-0.39, 0.29) is 17.9 Å². The lowest BCUT2D eigenvalue weighted by molar-refractivity contribution is -0.142. The molecule has 0 saturated heterocycles. The molecule has 102 valence electrons. The van der Waals surface area contributed by atoms with Crippen LogP contribution in [0.3, 0.4) is 0 Å². The predicted octanol–water partition coefficient (Wildman–Crippen LogP) is 1.58. The summed E-state index contributed by atoms with van der Waals surface area (Å²) in [7, 11) is 0. The van der Waals surface area contributed by atoms with Crippen LogP contribution in [0, 0.1) is 17.8 Å². The average Bonchev–Trinajstić information content (AvgIpc) is 2.72. The molecule has 0 aromatic carbocycles. The number of carbonyl (C=O) groups excluding carboxylic acids is 1. The second-order valence-electron chi connectivity index (χ2n) is 5.76. The SMILES string of the molecule is CC1CC(NC(=O)NCC2CCCC2C(=O)O)C1. The fraction of sp³-hybridized carbons (Fsp3) is 0.846. The smallest absolute Gasteiger partial charge is 0.315 e. The molecule has 2 aliphatic carbocycles. The van der Waals surface area contributed by atoms with E-state index in [1.165, 1.54) is 0 Å². The van der Waals surface area contributed by atoms with Crippen molar-refractivity contribution in [1.29, 1.82) is 0 Å². The van der Waals surface area contributed by atoms with Crippen molar-refractivity contribution < 1.29 is 14.7 Å². The number of nitrogens with one attached hydrogen (secondary N) is 2. The third-order valence-corrected chi connectivity index (χ3v) is 4.21. The highest BCUT2D eigenvalue weighted by Gasteiger charge is 2.33. The summed E-state index contributed by atoms with van der Waals surface area (Å²) >= 11 is 0. The van der Waals surface area contributed by atoms with Crippen molar-refractivity contribution in [3.63, 3.8) is 0 Å². The monoisotopic (exact) mass is 254 g/mol. The number of hydrogen-bond acceptors (Lipinski definition) is 2. The van der Waals surface area contributed by atoms with Crippen LogP contribution in [0.4, 0.5) is 4.79 Å². The van der Waals surface area contributed by atoms with Crippen molar-refractivity contribution in [1.82, 2.24) is 10.6 Å². The van der Waals surface area contributed by atoms with E-state index in [1.54, 1.807) is 0 Å². The van der Waals surface area contributed by atoms with E-state index in [4.69, 9.17) is 5.11 Å². The third-order valence-electron chi connectivity index (χ3n) is 4.21. The summed E-state index contributed by atoms with van der Waals surface area (Å²) in [5, 5.41) is 14.8. The van der Waals surface area contributed by atoms with E-state index in [9.17, 15) is 9.59 Å². The Labute approximate surface area is 107 Å². The van der Waals surface area contributed by atoms with Crippen molar-refractivity contribution in [2.45, 2.75) is 45.1 Å². The highest BCUT2D eigenvalue weighted by atomic mass is 16.4. The van der Waals surface area contributed by atoms with E-state index in [0.29, 0.717) is 18.5 Å². The maximum Gasteiger partial charge on any atom is 0.315 e. The highest BCUT2D eigenvalue weighted by molar-refractivity contribution is 5.74. The summed E-state index contributed by atoms with van der Waals surface area (Å²) in [6, 6.07) is 0.154. The number of aliphatic carboxylic acids is 1. The quantitative estimate of drug-likeness (QED) is 0.712. The molecule has 3 N–H and O–H groups in total. The zero-order chi connectivity index (χ0) is 13.1. The van der Waals surface area contributed by atoms with Gasteiger partial charge in [-0.3, -0.25) is 4.79 Å². The van der Waals surface area contributed by atoms with E-state index in [0.717, 1.165) is 32.1 Å². The fourth-order valence-corrected chi connectivity index (χ4v) is 3.09. The second kappa shape index (κ2) is 5.59. The lowest BCUT2D eigenvalue weighted by atomic mass is 9.82. The van der Waals surface area contributed by atoms with Crippen molar-refractivity contribution in [3.8, 4) is 0 Å². The summed E-state index contributed by atoms with van der Waals surface area (Å²) in [4.78, 5) is 22.6. The molecule has 0 bridgehead atoms. The minimum atomic E-state index is -0.729. The largest absolute Gasteiger partial charge is 0.481 e. The molecule has 2 saturated carbocycles. The number of carboxylic acids is 1. The minimum absolute atomic E-state index is 0.0913. The molecule has 0 radical (unpaired) electrons. The molecule has 2 aliphatic rings. The van der Waals surface area contributed by atoms with Crippen LogP contribution in [0.1, 0.15) is 39.0 Å². The van der Waals surface area contributed by atoms with Crippen LogP contribution in [0.25, 0.3) is 0 Å². The molecule has 0 aliphatic heterocycles. The first-order valence-electron chi connectivity index (χ1n) is 6.83. The number of amides is 2. The van der Waals surface area contributed by atoms with Crippen LogP contribution >= 0.6 is 0 Å². The van der Waals surface area contributed by atoms with Gasteiger partial charge in [0, 0.05) is 12.6 Å². The molecule has 5 nitrogen and oxygen atoms in total. The Bertz CT molecular complexity index is 326. The van der Waals surface area contributed by atoms with E-state index in [2.05, 4.69) is 17.6 Å². The van der Waals surface area contributed by atoms with E-state index < -0.39 is 5.97 Å². The molecule has 2 fully saturated rings. The maximum atomic E-state index is 11.6. The summed E-state index contributed by atoms with van der Waals surface area (Å²) in [6.45, 7) is 2.65. The van der Waals surface area contributed by atoms with Gasteiger partial charge in [-0.25, -0.2) is 4.79 Å². The highest BCUT2D eigenvalue weighted by Crippen LogP contribution is 2.31. The number of urea groups is 1. The van der Waals surface area contributed by atoms with Gasteiger partial charge < -0.3 is 15.7 Å². The first-order valence-corrected chi connectivity index (χ1v) is 6.83. The van der Waals surface area contributed by atoms with Crippen LogP contribution in [0.2, 0.25) is 0 Å². The molecular weight excluding hydrogens is 232 g/mol. The van der Waals surface area contributed by atoms with Gasteiger partial charge in [0.1, 0.15) is 0 Å². The molecule has 0 aromatic rings. The number of rotatable bonds is 4. The van der Waals surface area contributed by atoms with Gasteiger partial charge in [-0.1, -0.05) is 13.3 Å². The van der Waals surface area contributed by atoms with Crippen LogP contribution in [0.5, 0.6) is 0 Å². The summed E-state index contributed by atoms with van der Waals surface area (Å²) < 4.78 is 0. The predicted molar refractivity (Wildman–Crippen MR) is 67.2 cm³/mol. The Kier molecular flexibility index (Phi) is 4.09. The molecule has 2 unspecified atom stereocenters. The van der Waals surface area contributed by atoms with Crippen LogP contribution in [0.15, 0.2) is 0 Å². The zero-order valence-corrected chi connectivity index (χ0v) is 10.8. The normalized spacial score (nSPS) is 34.7. The Morgan fingerprint density at radius 1 is 1.28 bits per heavy atom. The molecule has 0 heterocycles. The Morgan fingerprint density at radius 2 is 2.00 bits per heavy atom. The van der Waals surface area contributed by atoms with Gasteiger partial charge in [0.25, 0.3) is 0 Å². The molecule has 18 heavy (non-hydrogen) atoms. The number of carboxylic acid groups (broad SMARTS) is 1. The maximum absolute atomic E-state index is 11.6. The van der Waals surface area contributed by atoms with Gasteiger partial charge in [-0.05, 0) is 37.5 Å². The van der Waals surface area contributed by atoms with Crippen LogP contribution in [-0.2, 0) is 4.79 Å². The van der Waals surface area contributed by atoms with Gasteiger partial charge in [0.15, 0.2) is 0 Å². The number of hydrogen-bond donors (Lipinski definition) is 3. The Balaban J connectivity index is 1.67. The lowest BCUT2D eigenvalue weighted by Gasteiger charge is -2.33. The van der Waals surface area contributed by atoms with Crippen molar-refractivity contribution in [2.24, 2.45) is 17.8 Å². The lowest BCUT2D eigenvalue weighted by Crippen LogP contribution is -2.48. The Hall–Kier alpha value is -1.26. The molecule has 0 spiro atoms. The van der Waals surface area contributed by atoms with Gasteiger partial charge in [-0.15, -0.1) is 0 Å². The standard InChI is InChI=1S/C13H22N2O3/c1-8-5-10(6-8)15-13(18)14-7-9-3-2-4-11(9)12(16)17/h8-11H,2-7H2,1H3,(H,16,17)(H2,14,15,18). The molecule has 2 amide bonds. The van der Waals surface area contributed by atoms with Crippen LogP contribution < -0.4 is 10.6 Å². The molecule has 2 atom stereocenters. The minimum Gasteiger partial charge on any atom is -0.481 e. The second-order valence-corrected chi connectivity index (χ2v) is 5.76. The van der Waals surface area contributed by atoms with Gasteiger partial charge in [0.2, 0.25) is 0 Å². The first-order chi connectivity index (χ1) is 8.56. The zero-order valence-electron chi connectivity index (χ0n) is 10.8. The van der Waals surface area contributed by atoms with Crippen molar-refractivity contribution in [2.75, 3.05) is 6.54 Å². The molecule has 2 rings (SSSR count). The third kappa shape index (κ3) is 3.15. The van der Waals surface area contributed by atoms with E-state index >= 15 is 0 Å². The molecule has 5 heteroatoms. The van der Waals surface area contributed by atoms with Crippen molar-refractivity contribution >= 4 is 12.0 Å². The van der Waals surface area contributed by atoms with E-state index in [1.807, 2.05) is 0 Å². The molecular formula is C13H22N2O3. The first kappa shape index (κ1) is 13.2.